The third-order valence-corrected chi connectivity index (χ3v) is 1.80. The van der Waals surface area contributed by atoms with E-state index in [9.17, 15) is 14.9 Å². The normalized spacial score (nSPS) is 9.88. The van der Waals surface area contributed by atoms with Crippen LogP contribution in [0.15, 0.2) is 6.20 Å². The van der Waals surface area contributed by atoms with Gasteiger partial charge in [-0.05, 0) is 0 Å². The molecule has 88 valence electrons. The van der Waals surface area contributed by atoms with Crippen molar-refractivity contribution in [2.45, 2.75) is 6.92 Å². The highest BCUT2D eigenvalue weighted by atomic mass is 16.6. The number of hydrogen-bond acceptors (Lipinski definition) is 5. The first-order valence-electron chi connectivity index (χ1n) is 4.67. The van der Waals surface area contributed by atoms with E-state index in [1.54, 1.807) is 7.05 Å². The van der Waals surface area contributed by atoms with Crippen LogP contribution in [0.2, 0.25) is 0 Å². The molecule has 1 heterocycles. The van der Waals surface area contributed by atoms with E-state index in [0.29, 0.717) is 13.1 Å². The second-order valence-corrected chi connectivity index (χ2v) is 3.20. The number of carbonyl (C=O) groups excluding carboxylic acids is 1. The van der Waals surface area contributed by atoms with E-state index >= 15 is 0 Å². The summed E-state index contributed by atoms with van der Waals surface area (Å²) in [7, 11) is 1.60. The summed E-state index contributed by atoms with van der Waals surface area (Å²) in [6.07, 6.45) is 1.32. The number of amides is 1. The molecule has 0 bridgehead atoms. The summed E-state index contributed by atoms with van der Waals surface area (Å²) in [5.74, 6) is 0.0650. The molecule has 1 rings (SSSR count). The van der Waals surface area contributed by atoms with Gasteiger partial charge in [-0.25, -0.2) is 0 Å². The molecule has 0 radical (unpaired) electrons. The Labute approximate surface area is 91.8 Å². The lowest BCUT2D eigenvalue weighted by Gasteiger charge is -2.02. The van der Waals surface area contributed by atoms with Crippen LogP contribution in [0.4, 0.5) is 11.5 Å². The lowest BCUT2D eigenvalue weighted by molar-refractivity contribution is -0.384. The molecule has 0 unspecified atom stereocenters. The molecular formula is C8H13N5O3. The van der Waals surface area contributed by atoms with Crippen molar-refractivity contribution in [1.82, 2.24) is 15.1 Å². The molecular weight excluding hydrogens is 214 g/mol. The minimum atomic E-state index is -0.506. The number of aromatic nitrogens is 2. The van der Waals surface area contributed by atoms with Crippen LogP contribution in [-0.4, -0.2) is 33.7 Å². The number of carbonyl (C=O) groups is 1. The first-order chi connectivity index (χ1) is 7.50. The molecule has 2 N–H and O–H groups in total. The molecule has 0 aliphatic rings. The van der Waals surface area contributed by atoms with Crippen molar-refractivity contribution in [2.24, 2.45) is 7.05 Å². The van der Waals surface area contributed by atoms with E-state index in [1.165, 1.54) is 17.8 Å². The standard InChI is InChI=1S/C8H13N5O3/c1-6(14)9-3-4-10-8-7(13(15)16)5-12(2)11-8/h5H,3-4H2,1-2H3,(H,9,14)(H,10,11). The monoisotopic (exact) mass is 227 g/mol. The molecule has 0 spiro atoms. The lowest BCUT2D eigenvalue weighted by atomic mass is 10.5. The highest BCUT2D eigenvalue weighted by Crippen LogP contribution is 2.20. The second kappa shape index (κ2) is 5.10. The maximum absolute atomic E-state index is 10.6. The predicted molar refractivity (Wildman–Crippen MR) is 57.0 cm³/mol. The van der Waals surface area contributed by atoms with Gasteiger partial charge in [0.05, 0.1) is 4.92 Å². The first-order valence-corrected chi connectivity index (χ1v) is 4.67. The van der Waals surface area contributed by atoms with Gasteiger partial charge < -0.3 is 10.6 Å². The molecule has 0 aliphatic carbocycles. The maximum Gasteiger partial charge on any atom is 0.330 e. The van der Waals surface area contributed by atoms with E-state index in [4.69, 9.17) is 0 Å². The Bertz CT molecular complexity index is 400. The topological polar surface area (TPSA) is 102 Å². The molecule has 1 aromatic heterocycles. The molecule has 16 heavy (non-hydrogen) atoms. The number of nitrogens with zero attached hydrogens (tertiary/aromatic N) is 3. The summed E-state index contributed by atoms with van der Waals surface area (Å²) < 4.78 is 1.36. The van der Waals surface area contributed by atoms with Crippen LogP contribution >= 0.6 is 0 Å². The van der Waals surface area contributed by atoms with E-state index in [0.717, 1.165) is 0 Å². The molecule has 0 aliphatic heterocycles. The molecule has 8 nitrogen and oxygen atoms in total. The molecule has 0 saturated heterocycles. The van der Waals surface area contributed by atoms with Crippen LogP contribution in [0.3, 0.4) is 0 Å². The molecule has 1 aromatic rings. The first kappa shape index (κ1) is 12.0. The Kier molecular flexibility index (Phi) is 3.81. The average molecular weight is 227 g/mol. The SMILES string of the molecule is CC(=O)NCCNc1nn(C)cc1[N+](=O)[O-]. The zero-order valence-electron chi connectivity index (χ0n) is 9.06. The Morgan fingerprint density at radius 1 is 1.62 bits per heavy atom. The Morgan fingerprint density at radius 2 is 2.31 bits per heavy atom. The summed E-state index contributed by atoms with van der Waals surface area (Å²) >= 11 is 0. The molecule has 0 atom stereocenters. The number of nitrogens with one attached hydrogen (secondary N) is 2. The van der Waals surface area contributed by atoms with Crippen LogP contribution in [0, 0.1) is 10.1 Å². The highest BCUT2D eigenvalue weighted by molar-refractivity contribution is 5.72. The number of rotatable bonds is 5. The largest absolute Gasteiger partial charge is 0.361 e. The smallest absolute Gasteiger partial charge is 0.330 e. The molecule has 0 saturated carbocycles. The van der Waals surface area contributed by atoms with Crippen LogP contribution in [0.1, 0.15) is 6.92 Å². The van der Waals surface area contributed by atoms with Gasteiger partial charge in [0.2, 0.25) is 11.7 Å². The number of anilines is 1. The molecule has 0 aromatic carbocycles. The van der Waals surface area contributed by atoms with Crippen LogP contribution in [0.5, 0.6) is 0 Å². The molecule has 1 amide bonds. The van der Waals surface area contributed by atoms with E-state index in [1.807, 2.05) is 0 Å². The lowest BCUT2D eigenvalue weighted by Crippen LogP contribution is -2.26. The van der Waals surface area contributed by atoms with Gasteiger partial charge in [0.1, 0.15) is 6.20 Å². The summed E-state index contributed by atoms with van der Waals surface area (Å²) in [4.78, 5) is 20.7. The van der Waals surface area contributed by atoms with E-state index < -0.39 is 4.92 Å². The average Bonchev–Trinajstić information content (AvgIpc) is 2.54. The molecule has 0 fully saturated rings. The summed E-state index contributed by atoms with van der Waals surface area (Å²) in [5.41, 5.74) is -0.0784. The summed E-state index contributed by atoms with van der Waals surface area (Å²) in [6, 6.07) is 0. The van der Waals surface area contributed by atoms with Gasteiger partial charge in [0.25, 0.3) is 0 Å². The van der Waals surface area contributed by atoms with Crippen molar-refractivity contribution in [3.8, 4) is 0 Å². The van der Waals surface area contributed by atoms with Gasteiger partial charge in [-0.3, -0.25) is 19.6 Å². The Balaban J connectivity index is 2.53. The predicted octanol–water partition coefficient (Wildman–Crippen LogP) is -0.124. The van der Waals surface area contributed by atoms with Gasteiger partial charge in [0.15, 0.2) is 0 Å². The van der Waals surface area contributed by atoms with Crippen molar-refractivity contribution in [3.63, 3.8) is 0 Å². The minimum Gasteiger partial charge on any atom is -0.361 e. The molecule has 8 heteroatoms. The third kappa shape index (κ3) is 3.23. The van der Waals surface area contributed by atoms with E-state index in [-0.39, 0.29) is 17.4 Å². The van der Waals surface area contributed by atoms with Gasteiger partial charge in [-0.15, -0.1) is 5.10 Å². The zero-order chi connectivity index (χ0) is 12.1. The Morgan fingerprint density at radius 3 is 2.88 bits per heavy atom. The van der Waals surface area contributed by atoms with Crippen molar-refractivity contribution in [2.75, 3.05) is 18.4 Å². The van der Waals surface area contributed by atoms with Gasteiger partial charge in [-0.2, -0.15) is 0 Å². The number of aryl methyl sites for hydroxylation is 1. The highest BCUT2D eigenvalue weighted by Gasteiger charge is 2.17. The summed E-state index contributed by atoms with van der Waals surface area (Å²) in [5, 5.41) is 19.9. The fourth-order valence-corrected chi connectivity index (χ4v) is 1.15. The Hall–Kier alpha value is -2.12. The van der Waals surface area contributed by atoms with Crippen molar-refractivity contribution < 1.29 is 9.72 Å². The van der Waals surface area contributed by atoms with Crippen molar-refractivity contribution >= 4 is 17.4 Å². The van der Waals surface area contributed by atoms with Gasteiger partial charge >= 0.3 is 5.69 Å². The van der Waals surface area contributed by atoms with E-state index in [2.05, 4.69) is 15.7 Å². The number of hydrogen-bond donors (Lipinski definition) is 2. The second-order valence-electron chi connectivity index (χ2n) is 3.20. The fourth-order valence-electron chi connectivity index (χ4n) is 1.15. The summed E-state index contributed by atoms with van der Waals surface area (Å²) in [6.45, 7) is 2.18. The maximum atomic E-state index is 10.6. The van der Waals surface area contributed by atoms with Gasteiger partial charge in [-0.1, -0.05) is 0 Å². The quantitative estimate of drug-likeness (QED) is 0.414. The number of nitro groups is 1. The fraction of sp³-hybridized carbons (Fsp3) is 0.500. The zero-order valence-corrected chi connectivity index (χ0v) is 9.06. The van der Waals surface area contributed by atoms with Crippen molar-refractivity contribution in [1.29, 1.82) is 0 Å². The minimum absolute atomic E-state index is 0.0784. The third-order valence-electron chi connectivity index (χ3n) is 1.80. The van der Waals surface area contributed by atoms with Crippen molar-refractivity contribution in [3.05, 3.63) is 16.3 Å². The van der Waals surface area contributed by atoms with Crippen LogP contribution in [0.25, 0.3) is 0 Å². The van der Waals surface area contributed by atoms with Crippen LogP contribution < -0.4 is 10.6 Å². The van der Waals surface area contributed by atoms with Crippen LogP contribution in [-0.2, 0) is 11.8 Å². The van der Waals surface area contributed by atoms with Gasteiger partial charge in [0, 0.05) is 27.1 Å².